The fourth-order valence-corrected chi connectivity index (χ4v) is 2.91. The molecule has 0 spiro atoms. The highest BCUT2D eigenvalue weighted by Gasteiger charge is 2.29. The second kappa shape index (κ2) is 7.23. The van der Waals surface area contributed by atoms with Crippen LogP contribution in [0.2, 0.25) is 0 Å². The molecule has 6 heteroatoms. The highest BCUT2D eigenvalue weighted by molar-refractivity contribution is 6.00. The van der Waals surface area contributed by atoms with Gasteiger partial charge >= 0.3 is 6.09 Å². The van der Waals surface area contributed by atoms with Crippen LogP contribution in [-0.4, -0.2) is 53.6 Å². The van der Waals surface area contributed by atoms with Crippen LogP contribution in [0, 0.1) is 0 Å². The number of amides is 2. The number of hydrogen-bond donors (Lipinski definition) is 0. The van der Waals surface area contributed by atoms with E-state index in [-0.39, 0.29) is 12.0 Å². The summed E-state index contributed by atoms with van der Waals surface area (Å²) in [5, 5.41) is 0. The normalized spacial score (nSPS) is 15.0. The second-order valence-corrected chi connectivity index (χ2v) is 7.28. The molecule has 2 aromatic rings. The average molecular weight is 356 g/mol. The van der Waals surface area contributed by atoms with Gasteiger partial charge in [-0.25, -0.2) is 4.79 Å². The smallest absolute Gasteiger partial charge is 0.410 e. The van der Waals surface area contributed by atoms with Crippen molar-refractivity contribution < 1.29 is 18.7 Å². The molecule has 3 rings (SSSR count). The van der Waals surface area contributed by atoms with Crippen molar-refractivity contribution >= 4 is 12.0 Å². The van der Waals surface area contributed by atoms with Gasteiger partial charge in [-0.15, -0.1) is 0 Å². The monoisotopic (exact) mass is 356 g/mol. The topological polar surface area (TPSA) is 63.0 Å². The summed E-state index contributed by atoms with van der Waals surface area (Å²) in [6.45, 7) is 7.41. The number of rotatable bonds is 2. The summed E-state index contributed by atoms with van der Waals surface area (Å²) in [5.41, 5.74) is 0.858. The van der Waals surface area contributed by atoms with Crippen LogP contribution in [0.4, 0.5) is 4.79 Å². The molecule has 0 saturated carbocycles. The Morgan fingerprint density at radius 2 is 1.62 bits per heavy atom. The van der Waals surface area contributed by atoms with Crippen LogP contribution in [-0.2, 0) is 4.74 Å². The van der Waals surface area contributed by atoms with Crippen LogP contribution in [0.25, 0.3) is 11.3 Å². The molecule has 0 aliphatic carbocycles. The van der Waals surface area contributed by atoms with Crippen molar-refractivity contribution in [3.63, 3.8) is 0 Å². The van der Waals surface area contributed by atoms with Crippen LogP contribution < -0.4 is 0 Å². The molecule has 6 nitrogen and oxygen atoms in total. The van der Waals surface area contributed by atoms with E-state index in [9.17, 15) is 9.59 Å². The van der Waals surface area contributed by atoms with Crippen LogP contribution >= 0.6 is 0 Å². The quantitative estimate of drug-likeness (QED) is 0.824. The summed E-state index contributed by atoms with van der Waals surface area (Å²) in [6, 6.07) is 11.1. The number of benzene rings is 1. The Balaban J connectivity index is 1.68. The molecule has 0 bridgehead atoms. The Kier molecular flexibility index (Phi) is 5.02. The summed E-state index contributed by atoms with van der Waals surface area (Å²) >= 11 is 0. The van der Waals surface area contributed by atoms with Gasteiger partial charge in [0, 0.05) is 31.7 Å². The van der Waals surface area contributed by atoms with E-state index >= 15 is 0 Å². The lowest BCUT2D eigenvalue weighted by molar-refractivity contribution is 0.0141. The van der Waals surface area contributed by atoms with Crippen molar-refractivity contribution in [2.45, 2.75) is 26.4 Å². The molecule has 1 aromatic heterocycles. The van der Waals surface area contributed by atoms with E-state index in [1.54, 1.807) is 28.2 Å². The minimum atomic E-state index is -0.522. The first-order valence-corrected chi connectivity index (χ1v) is 8.75. The van der Waals surface area contributed by atoms with E-state index in [0.717, 1.165) is 5.56 Å². The standard InChI is InChI=1S/C20H24N2O4/c1-20(2,3)26-19(24)22-12-10-21(11-13-22)18(23)16-8-5-4-7-15(16)17-9-6-14-25-17/h4-9,14H,10-13H2,1-3H3. The van der Waals surface area contributed by atoms with Gasteiger partial charge in [0.05, 0.1) is 11.8 Å². The summed E-state index contributed by atoms with van der Waals surface area (Å²) in [4.78, 5) is 28.5. The summed E-state index contributed by atoms with van der Waals surface area (Å²) < 4.78 is 10.8. The Morgan fingerprint density at radius 3 is 2.23 bits per heavy atom. The fourth-order valence-electron chi connectivity index (χ4n) is 2.91. The Hall–Kier alpha value is -2.76. The summed E-state index contributed by atoms with van der Waals surface area (Å²) in [6.07, 6.45) is 1.26. The van der Waals surface area contributed by atoms with E-state index in [4.69, 9.17) is 9.15 Å². The minimum absolute atomic E-state index is 0.0548. The van der Waals surface area contributed by atoms with Gasteiger partial charge in [0.2, 0.25) is 0 Å². The van der Waals surface area contributed by atoms with Gasteiger partial charge in [-0.1, -0.05) is 18.2 Å². The van der Waals surface area contributed by atoms with Gasteiger partial charge in [0.25, 0.3) is 5.91 Å². The molecule has 0 radical (unpaired) electrons. The molecule has 0 N–H and O–H groups in total. The molecule has 1 fully saturated rings. The molecule has 1 saturated heterocycles. The third-order valence-electron chi connectivity index (χ3n) is 4.16. The maximum atomic E-state index is 13.0. The molecular formula is C20H24N2O4. The van der Waals surface area contributed by atoms with Crippen LogP contribution in [0.3, 0.4) is 0 Å². The van der Waals surface area contributed by atoms with Crippen LogP contribution in [0.15, 0.2) is 47.1 Å². The van der Waals surface area contributed by atoms with E-state index in [1.807, 2.05) is 45.0 Å². The van der Waals surface area contributed by atoms with Crippen molar-refractivity contribution in [2.24, 2.45) is 0 Å². The van der Waals surface area contributed by atoms with E-state index < -0.39 is 5.60 Å². The highest BCUT2D eigenvalue weighted by atomic mass is 16.6. The lowest BCUT2D eigenvalue weighted by Crippen LogP contribution is -2.51. The third-order valence-corrected chi connectivity index (χ3v) is 4.16. The van der Waals surface area contributed by atoms with Gasteiger partial charge in [-0.3, -0.25) is 4.79 Å². The number of hydrogen-bond acceptors (Lipinski definition) is 4. The van der Waals surface area contributed by atoms with E-state index in [0.29, 0.717) is 37.5 Å². The van der Waals surface area contributed by atoms with Crippen molar-refractivity contribution in [2.75, 3.05) is 26.2 Å². The van der Waals surface area contributed by atoms with Gasteiger partial charge in [-0.05, 0) is 39.0 Å². The van der Waals surface area contributed by atoms with Gasteiger partial charge < -0.3 is 19.0 Å². The molecule has 1 aliphatic heterocycles. The molecular weight excluding hydrogens is 332 g/mol. The number of nitrogens with zero attached hydrogens (tertiary/aromatic N) is 2. The first-order valence-electron chi connectivity index (χ1n) is 8.75. The van der Waals surface area contributed by atoms with Gasteiger partial charge in [-0.2, -0.15) is 0 Å². The third kappa shape index (κ3) is 4.07. The summed E-state index contributed by atoms with van der Waals surface area (Å²) in [5.74, 6) is 0.613. The highest BCUT2D eigenvalue weighted by Crippen LogP contribution is 2.25. The molecule has 138 valence electrons. The SMILES string of the molecule is CC(C)(C)OC(=O)N1CCN(C(=O)c2ccccc2-c2ccco2)CC1. The Morgan fingerprint density at radius 1 is 0.962 bits per heavy atom. The zero-order valence-corrected chi connectivity index (χ0v) is 15.4. The van der Waals surface area contributed by atoms with E-state index in [1.165, 1.54) is 0 Å². The van der Waals surface area contributed by atoms with Crippen molar-refractivity contribution in [1.82, 2.24) is 9.80 Å². The number of piperazine rings is 1. The second-order valence-electron chi connectivity index (χ2n) is 7.28. The molecule has 0 atom stereocenters. The lowest BCUT2D eigenvalue weighted by atomic mass is 10.0. The largest absolute Gasteiger partial charge is 0.464 e. The molecule has 2 heterocycles. The van der Waals surface area contributed by atoms with E-state index in [2.05, 4.69) is 0 Å². The maximum absolute atomic E-state index is 13.0. The van der Waals surface area contributed by atoms with Crippen molar-refractivity contribution in [3.05, 3.63) is 48.2 Å². The number of ether oxygens (including phenoxy) is 1. The van der Waals surface area contributed by atoms with Crippen molar-refractivity contribution in [3.8, 4) is 11.3 Å². The summed E-state index contributed by atoms with van der Waals surface area (Å²) in [7, 11) is 0. The molecule has 1 aliphatic rings. The Bertz CT molecular complexity index is 769. The number of furan rings is 1. The van der Waals surface area contributed by atoms with Crippen LogP contribution in [0.5, 0.6) is 0 Å². The van der Waals surface area contributed by atoms with Crippen LogP contribution in [0.1, 0.15) is 31.1 Å². The maximum Gasteiger partial charge on any atom is 0.410 e. The minimum Gasteiger partial charge on any atom is -0.464 e. The zero-order chi connectivity index (χ0) is 18.7. The first kappa shape index (κ1) is 18.0. The number of carbonyl (C=O) groups is 2. The zero-order valence-electron chi connectivity index (χ0n) is 15.4. The first-order chi connectivity index (χ1) is 12.3. The number of carbonyl (C=O) groups excluding carboxylic acids is 2. The fraction of sp³-hybridized carbons (Fsp3) is 0.400. The molecule has 26 heavy (non-hydrogen) atoms. The van der Waals surface area contributed by atoms with Gasteiger partial charge in [0.1, 0.15) is 11.4 Å². The van der Waals surface area contributed by atoms with Gasteiger partial charge in [0.15, 0.2) is 0 Å². The lowest BCUT2D eigenvalue weighted by Gasteiger charge is -2.35. The Labute approximate surface area is 153 Å². The predicted molar refractivity (Wildman–Crippen MR) is 97.9 cm³/mol. The average Bonchev–Trinajstić information content (AvgIpc) is 3.14. The molecule has 1 aromatic carbocycles. The van der Waals surface area contributed by atoms with Crippen molar-refractivity contribution in [1.29, 1.82) is 0 Å². The molecule has 2 amide bonds. The predicted octanol–water partition coefficient (Wildman–Crippen LogP) is 3.64. The molecule has 0 unspecified atom stereocenters.